The van der Waals surface area contributed by atoms with Crippen LogP contribution < -0.4 is 10.6 Å². The third kappa shape index (κ3) is 2.79. The van der Waals surface area contributed by atoms with E-state index in [2.05, 4.69) is 23.8 Å². The van der Waals surface area contributed by atoms with Crippen LogP contribution in [0.3, 0.4) is 0 Å². The van der Waals surface area contributed by atoms with Crippen molar-refractivity contribution in [1.82, 2.24) is 10.6 Å². The van der Waals surface area contributed by atoms with Gasteiger partial charge in [-0.2, -0.15) is 11.8 Å². The van der Waals surface area contributed by atoms with Gasteiger partial charge in [-0.1, -0.05) is 6.92 Å². The molecule has 1 amide bonds. The van der Waals surface area contributed by atoms with Crippen LogP contribution in [0.4, 0.5) is 0 Å². The summed E-state index contributed by atoms with van der Waals surface area (Å²) in [5.74, 6) is 0.289. The zero-order valence-electron chi connectivity index (χ0n) is 10.9. The molecule has 2 N–H and O–H groups in total. The number of carbonyl (C=O) groups is 1. The van der Waals surface area contributed by atoms with E-state index in [0.717, 1.165) is 44.0 Å². The van der Waals surface area contributed by atoms with Crippen LogP contribution in [0.5, 0.6) is 0 Å². The summed E-state index contributed by atoms with van der Waals surface area (Å²) in [4.78, 5) is 12.4. The lowest BCUT2D eigenvalue weighted by atomic mass is 9.83. The van der Waals surface area contributed by atoms with Crippen LogP contribution in [-0.2, 0) is 4.79 Å². The molecule has 17 heavy (non-hydrogen) atoms. The predicted octanol–water partition coefficient (Wildman–Crippen LogP) is 1.78. The van der Waals surface area contributed by atoms with Gasteiger partial charge in [0.25, 0.3) is 0 Å². The van der Waals surface area contributed by atoms with Gasteiger partial charge in [-0.05, 0) is 44.9 Å². The topological polar surface area (TPSA) is 41.1 Å². The van der Waals surface area contributed by atoms with Gasteiger partial charge in [0.05, 0.1) is 5.41 Å². The highest BCUT2D eigenvalue weighted by Gasteiger charge is 2.40. The van der Waals surface area contributed by atoms with E-state index in [1.54, 1.807) is 0 Å². The van der Waals surface area contributed by atoms with Crippen LogP contribution in [0.25, 0.3) is 0 Å². The molecule has 2 rings (SSSR count). The summed E-state index contributed by atoms with van der Waals surface area (Å²) in [5, 5.41) is 7.36. The number of thioether (sulfide) groups is 1. The second-order valence-corrected chi connectivity index (χ2v) is 6.54. The van der Waals surface area contributed by atoms with Crippen LogP contribution >= 0.6 is 11.8 Å². The number of amides is 1. The smallest absolute Gasteiger partial charge is 0.227 e. The number of nitrogens with one attached hydrogen (secondary N) is 2. The Morgan fingerprint density at radius 2 is 2.35 bits per heavy atom. The Morgan fingerprint density at radius 1 is 1.53 bits per heavy atom. The second kappa shape index (κ2) is 5.61. The van der Waals surface area contributed by atoms with Crippen LogP contribution in [-0.4, -0.2) is 36.5 Å². The molecule has 1 aliphatic carbocycles. The van der Waals surface area contributed by atoms with Gasteiger partial charge in [-0.25, -0.2) is 0 Å². The maximum atomic E-state index is 12.4. The zero-order chi connectivity index (χ0) is 12.3. The molecule has 1 heterocycles. The molecule has 0 spiro atoms. The quantitative estimate of drug-likeness (QED) is 0.805. The Labute approximate surface area is 108 Å². The first-order valence-electron chi connectivity index (χ1n) is 6.74. The van der Waals surface area contributed by atoms with E-state index in [9.17, 15) is 4.79 Å². The average molecular weight is 256 g/mol. The fourth-order valence-corrected chi connectivity index (χ4v) is 3.82. The molecule has 4 heteroatoms. The van der Waals surface area contributed by atoms with Gasteiger partial charge < -0.3 is 10.6 Å². The van der Waals surface area contributed by atoms with Crippen LogP contribution in [0.2, 0.25) is 0 Å². The standard InChI is InChI=1S/C13H24N2OS/c1-3-13(6-7-14-9-13)12(16)15-10-4-5-11(8-10)17-2/h10-11,14H,3-9H2,1-2H3,(H,15,16). The summed E-state index contributed by atoms with van der Waals surface area (Å²) in [7, 11) is 0. The lowest BCUT2D eigenvalue weighted by molar-refractivity contribution is -0.131. The molecule has 0 radical (unpaired) electrons. The van der Waals surface area contributed by atoms with E-state index in [-0.39, 0.29) is 11.3 Å². The summed E-state index contributed by atoms with van der Waals surface area (Å²) in [5.41, 5.74) is -0.128. The van der Waals surface area contributed by atoms with Crippen molar-refractivity contribution in [2.75, 3.05) is 19.3 Å². The SMILES string of the molecule is CCC1(C(=O)NC2CCC(SC)C2)CCNC1. The zero-order valence-corrected chi connectivity index (χ0v) is 11.7. The van der Waals surface area contributed by atoms with E-state index in [1.807, 2.05) is 11.8 Å². The number of hydrogen-bond donors (Lipinski definition) is 2. The Kier molecular flexibility index (Phi) is 4.36. The first kappa shape index (κ1) is 13.2. The minimum atomic E-state index is -0.128. The Balaban J connectivity index is 1.88. The van der Waals surface area contributed by atoms with Crippen molar-refractivity contribution in [3.8, 4) is 0 Å². The maximum absolute atomic E-state index is 12.4. The van der Waals surface area contributed by atoms with Crippen molar-refractivity contribution in [3.05, 3.63) is 0 Å². The third-order valence-electron chi connectivity index (χ3n) is 4.46. The normalized spacial score (nSPS) is 37.3. The Morgan fingerprint density at radius 3 is 2.88 bits per heavy atom. The number of hydrogen-bond acceptors (Lipinski definition) is 3. The predicted molar refractivity (Wildman–Crippen MR) is 73.3 cm³/mol. The fraction of sp³-hybridized carbons (Fsp3) is 0.923. The average Bonchev–Trinajstić information content (AvgIpc) is 2.97. The molecule has 2 fully saturated rings. The summed E-state index contributed by atoms with van der Waals surface area (Å²) in [6, 6.07) is 0.420. The van der Waals surface area contributed by atoms with Gasteiger partial charge >= 0.3 is 0 Å². The molecule has 3 atom stereocenters. The molecule has 1 saturated carbocycles. The highest BCUT2D eigenvalue weighted by molar-refractivity contribution is 7.99. The summed E-state index contributed by atoms with van der Waals surface area (Å²) < 4.78 is 0. The van der Waals surface area contributed by atoms with Gasteiger partial charge in [-0.15, -0.1) is 0 Å². The van der Waals surface area contributed by atoms with Crippen LogP contribution in [0, 0.1) is 5.41 Å². The van der Waals surface area contributed by atoms with Crippen LogP contribution in [0.15, 0.2) is 0 Å². The van der Waals surface area contributed by atoms with Crippen molar-refractivity contribution in [2.45, 2.75) is 50.3 Å². The molecule has 0 aromatic heterocycles. The van der Waals surface area contributed by atoms with Gasteiger partial charge in [0.2, 0.25) is 5.91 Å². The highest BCUT2D eigenvalue weighted by atomic mass is 32.2. The second-order valence-electron chi connectivity index (χ2n) is 5.40. The Hall–Kier alpha value is -0.220. The minimum Gasteiger partial charge on any atom is -0.353 e. The number of rotatable bonds is 4. The molecule has 98 valence electrons. The lowest BCUT2D eigenvalue weighted by Crippen LogP contribution is -2.45. The van der Waals surface area contributed by atoms with Gasteiger partial charge in [0.1, 0.15) is 0 Å². The molecule has 1 saturated heterocycles. The molecule has 1 aliphatic heterocycles. The van der Waals surface area contributed by atoms with E-state index in [4.69, 9.17) is 0 Å². The highest BCUT2D eigenvalue weighted by Crippen LogP contribution is 2.32. The molecule has 0 aromatic rings. The van der Waals surface area contributed by atoms with E-state index >= 15 is 0 Å². The van der Waals surface area contributed by atoms with Gasteiger partial charge in [-0.3, -0.25) is 4.79 Å². The monoisotopic (exact) mass is 256 g/mol. The molecule has 0 aromatic carbocycles. The van der Waals surface area contributed by atoms with Gasteiger partial charge in [0.15, 0.2) is 0 Å². The van der Waals surface area contributed by atoms with E-state index in [0.29, 0.717) is 6.04 Å². The summed E-state index contributed by atoms with van der Waals surface area (Å²) in [6.07, 6.45) is 7.68. The van der Waals surface area contributed by atoms with E-state index < -0.39 is 0 Å². The minimum absolute atomic E-state index is 0.128. The molecule has 0 bridgehead atoms. The number of carbonyl (C=O) groups excluding carboxylic acids is 1. The first-order chi connectivity index (χ1) is 8.20. The van der Waals surface area contributed by atoms with Crippen molar-refractivity contribution in [2.24, 2.45) is 5.41 Å². The molecule has 3 unspecified atom stereocenters. The van der Waals surface area contributed by atoms with Crippen molar-refractivity contribution >= 4 is 17.7 Å². The molecular weight excluding hydrogens is 232 g/mol. The molecular formula is C13H24N2OS. The van der Waals surface area contributed by atoms with Crippen molar-refractivity contribution < 1.29 is 4.79 Å². The largest absolute Gasteiger partial charge is 0.353 e. The van der Waals surface area contributed by atoms with E-state index in [1.165, 1.54) is 6.42 Å². The maximum Gasteiger partial charge on any atom is 0.227 e. The van der Waals surface area contributed by atoms with Gasteiger partial charge in [0, 0.05) is 17.8 Å². The summed E-state index contributed by atoms with van der Waals surface area (Å²) >= 11 is 1.94. The lowest BCUT2D eigenvalue weighted by Gasteiger charge is -2.27. The molecule has 3 nitrogen and oxygen atoms in total. The van der Waals surface area contributed by atoms with Crippen molar-refractivity contribution in [1.29, 1.82) is 0 Å². The Bertz CT molecular complexity index is 277. The fourth-order valence-electron chi connectivity index (χ4n) is 3.02. The third-order valence-corrected chi connectivity index (χ3v) is 5.55. The van der Waals surface area contributed by atoms with Crippen molar-refractivity contribution in [3.63, 3.8) is 0 Å². The molecule has 2 aliphatic rings. The summed E-state index contributed by atoms with van der Waals surface area (Å²) in [6.45, 7) is 3.97. The van der Waals surface area contributed by atoms with Crippen LogP contribution in [0.1, 0.15) is 39.0 Å². The first-order valence-corrected chi connectivity index (χ1v) is 8.03.